The maximum Gasteiger partial charge on any atom is 0.0741 e. The molecule has 2 atom stereocenters. The van der Waals surface area contributed by atoms with Crippen LogP contribution in [0.2, 0.25) is 0 Å². The first kappa shape index (κ1) is 17.8. The topological polar surface area (TPSA) is 68.0 Å². The van der Waals surface area contributed by atoms with Crippen molar-refractivity contribution < 1.29 is 14.6 Å². The molecule has 0 rings (SSSR count). The van der Waals surface area contributed by atoms with E-state index in [9.17, 15) is 5.11 Å². The second-order valence-electron chi connectivity index (χ2n) is 5.14. The Labute approximate surface area is 111 Å². The molecule has 0 bridgehead atoms. The van der Waals surface area contributed by atoms with Gasteiger partial charge in [0.25, 0.3) is 0 Å². The highest BCUT2D eigenvalue weighted by Gasteiger charge is 2.19. The van der Waals surface area contributed by atoms with Gasteiger partial charge in [-0.25, -0.2) is 0 Å². The van der Waals surface area contributed by atoms with Crippen LogP contribution in [0.4, 0.5) is 0 Å². The van der Waals surface area contributed by atoms with E-state index in [0.717, 1.165) is 19.5 Å². The minimum atomic E-state index is -0.753. The molecule has 0 aromatic carbocycles. The fourth-order valence-corrected chi connectivity index (χ4v) is 1.87. The highest BCUT2D eigenvalue weighted by molar-refractivity contribution is 4.75. The van der Waals surface area contributed by atoms with Crippen LogP contribution in [0, 0.1) is 0 Å². The summed E-state index contributed by atoms with van der Waals surface area (Å²) in [5, 5.41) is 9.86. The van der Waals surface area contributed by atoms with Crippen LogP contribution in [0.1, 0.15) is 26.7 Å². The van der Waals surface area contributed by atoms with Gasteiger partial charge in [-0.1, -0.05) is 0 Å². The van der Waals surface area contributed by atoms with Crippen LogP contribution in [0.25, 0.3) is 0 Å². The number of aliphatic hydroxyl groups is 1. The maximum atomic E-state index is 9.86. The Hall–Kier alpha value is -0.200. The molecule has 0 aromatic heterocycles. The molecule has 0 saturated heterocycles. The molecule has 0 fully saturated rings. The van der Waals surface area contributed by atoms with E-state index in [2.05, 4.69) is 11.8 Å². The molecule has 18 heavy (non-hydrogen) atoms. The summed E-state index contributed by atoms with van der Waals surface area (Å²) in [7, 11) is 3.42. The van der Waals surface area contributed by atoms with Gasteiger partial charge < -0.3 is 20.3 Å². The van der Waals surface area contributed by atoms with E-state index in [0.29, 0.717) is 32.2 Å². The summed E-state index contributed by atoms with van der Waals surface area (Å²) in [5.41, 5.74) is 4.75. The molecular weight excluding hydrogens is 232 g/mol. The monoisotopic (exact) mass is 262 g/mol. The molecule has 0 spiro atoms. The van der Waals surface area contributed by atoms with Crippen molar-refractivity contribution in [1.82, 2.24) is 4.90 Å². The zero-order valence-electron chi connectivity index (χ0n) is 12.3. The third kappa shape index (κ3) is 8.00. The molecule has 0 aliphatic heterocycles. The molecule has 0 heterocycles. The normalized spacial score (nSPS) is 16.8. The van der Waals surface area contributed by atoms with Crippen molar-refractivity contribution in [1.29, 1.82) is 0 Å². The lowest BCUT2D eigenvalue weighted by atomic mass is 10.0. The predicted molar refractivity (Wildman–Crippen MR) is 73.7 cm³/mol. The molecule has 0 aliphatic rings. The lowest BCUT2D eigenvalue weighted by Gasteiger charge is -2.30. The zero-order valence-corrected chi connectivity index (χ0v) is 12.3. The summed E-state index contributed by atoms with van der Waals surface area (Å²) in [5.74, 6) is 0. The zero-order chi connectivity index (χ0) is 14.0. The standard InChI is InChI=1S/C13H30N2O3/c1-12(10-18-4)15(8-9-17-3)7-5-6-13(2,16)11-14/h12,16H,5-11,14H2,1-4H3. The lowest BCUT2D eigenvalue weighted by Crippen LogP contribution is -2.40. The summed E-state index contributed by atoms with van der Waals surface area (Å²) >= 11 is 0. The number of methoxy groups -OCH3 is 2. The first-order chi connectivity index (χ1) is 8.46. The molecule has 5 heteroatoms. The average molecular weight is 262 g/mol. The second kappa shape index (κ2) is 9.69. The lowest BCUT2D eigenvalue weighted by molar-refractivity contribution is 0.0432. The molecule has 0 radical (unpaired) electrons. The Bertz CT molecular complexity index is 201. The van der Waals surface area contributed by atoms with Crippen LogP contribution in [0.5, 0.6) is 0 Å². The van der Waals surface area contributed by atoms with Crippen molar-refractivity contribution >= 4 is 0 Å². The highest BCUT2D eigenvalue weighted by Crippen LogP contribution is 2.11. The summed E-state index contributed by atoms with van der Waals surface area (Å²) in [6, 6.07) is 0.355. The number of ether oxygens (including phenoxy) is 2. The second-order valence-corrected chi connectivity index (χ2v) is 5.14. The van der Waals surface area contributed by atoms with Crippen molar-refractivity contribution in [3.63, 3.8) is 0 Å². The van der Waals surface area contributed by atoms with E-state index in [1.54, 1.807) is 21.1 Å². The molecule has 0 amide bonds. The quantitative estimate of drug-likeness (QED) is 0.566. The minimum absolute atomic E-state index is 0.304. The Kier molecular flexibility index (Phi) is 9.59. The van der Waals surface area contributed by atoms with E-state index in [4.69, 9.17) is 15.2 Å². The van der Waals surface area contributed by atoms with Gasteiger partial charge in [-0.2, -0.15) is 0 Å². The van der Waals surface area contributed by atoms with Crippen molar-refractivity contribution in [3.05, 3.63) is 0 Å². The van der Waals surface area contributed by atoms with Crippen LogP contribution >= 0.6 is 0 Å². The van der Waals surface area contributed by atoms with Gasteiger partial charge in [0, 0.05) is 33.4 Å². The Morgan fingerprint density at radius 2 is 1.94 bits per heavy atom. The van der Waals surface area contributed by atoms with Crippen LogP contribution in [0.3, 0.4) is 0 Å². The van der Waals surface area contributed by atoms with Crippen LogP contribution < -0.4 is 5.73 Å². The van der Waals surface area contributed by atoms with E-state index >= 15 is 0 Å². The largest absolute Gasteiger partial charge is 0.389 e. The third-order valence-corrected chi connectivity index (χ3v) is 3.21. The van der Waals surface area contributed by atoms with Crippen molar-refractivity contribution in [2.24, 2.45) is 5.73 Å². The molecular formula is C13H30N2O3. The van der Waals surface area contributed by atoms with Gasteiger partial charge in [0.2, 0.25) is 0 Å². The van der Waals surface area contributed by atoms with Gasteiger partial charge in [0.05, 0.1) is 18.8 Å². The third-order valence-electron chi connectivity index (χ3n) is 3.21. The fraction of sp³-hybridized carbons (Fsp3) is 1.00. The van der Waals surface area contributed by atoms with Gasteiger partial charge in [-0.15, -0.1) is 0 Å². The molecule has 2 unspecified atom stereocenters. The minimum Gasteiger partial charge on any atom is -0.389 e. The van der Waals surface area contributed by atoms with Crippen LogP contribution in [0.15, 0.2) is 0 Å². The predicted octanol–water partition coefficient (Wildman–Crippen LogP) is 0.460. The van der Waals surface area contributed by atoms with Crippen LogP contribution in [-0.2, 0) is 9.47 Å². The first-order valence-corrected chi connectivity index (χ1v) is 6.61. The summed E-state index contributed by atoms with van der Waals surface area (Å²) in [6.07, 6.45) is 1.63. The van der Waals surface area contributed by atoms with E-state index in [1.807, 2.05) is 0 Å². The Morgan fingerprint density at radius 3 is 2.44 bits per heavy atom. The highest BCUT2D eigenvalue weighted by atomic mass is 16.5. The molecule has 5 nitrogen and oxygen atoms in total. The van der Waals surface area contributed by atoms with E-state index in [-0.39, 0.29) is 0 Å². The van der Waals surface area contributed by atoms with Crippen molar-refractivity contribution in [2.45, 2.75) is 38.3 Å². The van der Waals surface area contributed by atoms with Gasteiger partial charge in [-0.05, 0) is 33.2 Å². The van der Waals surface area contributed by atoms with Gasteiger partial charge >= 0.3 is 0 Å². The molecule has 0 aliphatic carbocycles. The molecule has 0 saturated carbocycles. The van der Waals surface area contributed by atoms with E-state index < -0.39 is 5.60 Å². The summed E-state index contributed by atoms with van der Waals surface area (Å²) < 4.78 is 10.3. The molecule has 0 aromatic rings. The summed E-state index contributed by atoms with van der Waals surface area (Å²) in [6.45, 7) is 7.44. The Balaban J connectivity index is 4.07. The Morgan fingerprint density at radius 1 is 1.28 bits per heavy atom. The number of rotatable bonds is 11. The number of nitrogens with two attached hydrogens (primary N) is 1. The molecule has 3 N–H and O–H groups in total. The first-order valence-electron chi connectivity index (χ1n) is 6.61. The average Bonchev–Trinajstić information content (AvgIpc) is 2.33. The number of hydrogen-bond acceptors (Lipinski definition) is 5. The van der Waals surface area contributed by atoms with E-state index in [1.165, 1.54) is 0 Å². The summed E-state index contributed by atoms with van der Waals surface area (Å²) in [4.78, 5) is 2.32. The smallest absolute Gasteiger partial charge is 0.0741 e. The number of nitrogens with zero attached hydrogens (tertiary/aromatic N) is 1. The maximum absolute atomic E-state index is 9.86. The van der Waals surface area contributed by atoms with Crippen LogP contribution in [-0.4, -0.2) is 68.7 Å². The van der Waals surface area contributed by atoms with Crippen molar-refractivity contribution in [3.8, 4) is 0 Å². The van der Waals surface area contributed by atoms with Crippen molar-refractivity contribution in [2.75, 3.05) is 47.1 Å². The number of hydrogen-bond donors (Lipinski definition) is 2. The fourth-order valence-electron chi connectivity index (χ4n) is 1.87. The van der Waals surface area contributed by atoms with Gasteiger partial charge in [0.1, 0.15) is 0 Å². The SMILES string of the molecule is COCCN(CCCC(C)(O)CN)C(C)COC. The molecule has 110 valence electrons. The van der Waals surface area contributed by atoms with Gasteiger partial charge in [-0.3, -0.25) is 4.90 Å². The van der Waals surface area contributed by atoms with Gasteiger partial charge in [0.15, 0.2) is 0 Å².